The second kappa shape index (κ2) is 8.67. The average molecular weight is 338 g/mol. The summed E-state index contributed by atoms with van der Waals surface area (Å²) in [6, 6.07) is 11.3. The zero-order valence-electron chi connectivity index (χ0n) is 13.9. The summed E-state index contributed by atoms with van der Waals surface area (Å²) in [7, 11) is 0. The Labute approximate surface area is 145 Å². The highest BCUT2D eigenvalue weighted by atomic mass is 35.5. The van der Waals surface area contributed by atoms with Crippen molar-refractivity contribution < 1.29 is 4.79 Å². The molecule has 2 fully saturated rings. The van der Waals surface area contributed by atoms with Gasteiger partial charge in [-0.05, 0) is 24.8 Å². The largest absolute Gasteiger partial charge is 0.340 e. The molecule has 0 bridgehead atoms. The summed E-state index contributed by atoms with van der Waals surface area (Å²) in [6.07, 6.45) is 1.86. The first-order chi connectivity index (χ1) is 10.7. The molecule has 1 aromatic rings. The Morgan fingerprint density at radius 1 is 1.22 bits per heavy atom. The van der Waals surface area contributed by atoms with Gasteiger partial charge < -0.3 is 10.2 Å². The third-order valence-electron chi connectivity index (χ3n) is 5.06. The van der Waals surface area contributed by atoms with Crippen LogP contribution in [0.2, 0.25) is 0 Å². The van der Waals surface area contributed by atoms with Gasteiger partial charge in [0.25, 0.3) is 0 Å². The van der Waals surface area contributed by atoms with Crippen LogP contribution in [-0.2, 0) is 4.79 Å². The summed E-state index contributed by atoms with van der Waals surface area (Å²) >= 11 is 0. The summed E-state index contributed by atoms with van der Waals surface area (Å²) in [5.41, 5.74) is 1.44. The Kier molecular flexibility index (Phi) is 6.88. The van der Waals surface area contributed by atoms with E-state index >= 15 is 0 Å². The Hall–Kier alpha value is -1.10. The summed E-state index contributed by atoms with van der Waals surface area (Å²) in [5, 5.41) is 3.29. The second-order valence-electron chi connectivity index (χ2n) is 6.57. The first-order valence-electron chi connectivity index (χ1n) is 8.51. The Morgan fingerprint density at radius 3 is 2.61 bits per heavy atom. The molecule has 3 rings (SSSR count). The van der Waals surface area contributed by atoms with Gasteiger partial charge in [0.05, 0.1) is 0 Å². The number of hydrogen-bond acceptors (Lipinski definition) is 3. The number of nitrogens with zero attached hydrogens (tertiary/aromatic N) is 2. The molecule has 5 heteroatoms. The van der Waals surface area contributed by atoms with Crippen molar-refractivity contribution in [3.63, 3.8) is 0 Å². The van der Waals surface area contributed by atoms with Crippen LogP contribution in [0.5, 0.6) is 0 Å². The van der Waals surface area contributed by atoms with E-state index in [1.165, 1.54) is 12.0 Å². The molecule has 0 aliphatic carbocycles. The van der Waals surface area contributed by atoms with Gasteiger partial charge in [0.2, 0.25) is 5.91 Å². The molecule has 2 atom stereocenters. The predicted octanol–water partition coefficient (Wildman–Crippen LogP) is 2.11. The third kappa shape index (κ3) is 4.69. The number of carbonyl (C=O) groups is 1. The van der Waals surface area contributed by atoms with Crippen LogP contribution in [0.1, 0.15) is 31.2 Å². The van der Waals surface area contributed by atoms with Crippen LogP contribution in [-0.4, -0.2) is 61.0 Å². The highest BCUT2D eigenvalue weighted by Crippen LogP contribution is 2.31. The number of piperazine rings is 1. The van der Waals surface area contributed by atoms with Crippen molar-refractivity contribution in [2.75, 3.05) is 39.3 Å². The summed E-state index contributed by atoms with van der Waals surface area (Å²) in [5.74, 6) is 0.933. The van der Waals surface area contributed by atoms with E-state index in [0.29, 0.717) is 24.3 Å². The maximum atomic E-state index is 12.3. The Balaban J connectivity index is 0.00000192. The minimum absolute atomic E-state index is 0. The van der Waals surface area contributed by atoms with Crippen LogP contribution in [0.25, 0.3) is 0 Å². The van der Waals surface area contributed by atoms with Crippen molar-refractivity contribution in [3.05, 3.63) is 35.9 Å². The predicted molar refractivity (Wildman–Crippen MR) is 96.1 cm³/mol. The number of benzene rings is 1. The first kappa shape index (κ1) is 18.2. The van der Waals surface area contributed by atoms with Crippen LogP contribution in [0.3, 0.4) is 0 Å². The van der Waals surface area contributed by atoms with Gasteiger partial charge in [-0.1, -0.05) is 30.3 Å². The molecule has 128 valence electrons. The van der Waals surface area contributed by atoms with E-state index in [1.54, 1.807) is 0 Å². The summed E-state index contributed by atoms with van der Waals surface area (Å²) in [4.78, 5) is 16.8. The highest BCUT2D eigenvalue weighted by Gasteiger charge is 2.30. The fraction of sp³-hybridized carbons (Fsp3) is 0.611. The number of halogens is 1. The molecule has 1 amide bonds. The fourth-order valence-electron chi connectivity index (χ4n) is 3.69. The molecule has 23 heavy (non-hydrogen) atoms. The van der Waals surface area contributed by atoms with E-state index in [9.17, 15) is 4.79 Å². The van der Waals surface area contributed by atoms with Gasteiger partial charge in [-0.15, -0.1) is 12.4 Å². The van der Waals surface area contributed by atoms with Crippen molar-refractivity contribution in [1.29, 1.82) is 0 Å². The molecule has 1 N–H and O–H groups in total. The second-order valence-corrected chi connectivity index (χ2v) is 6.57. The number of likely N-dealkylation sites (tertiary alicyclic amines) is 1. The summed E-state index contributed by atoms with van der Waals surface area (Å²) in [6.45, 7) is 7.86. The molecule has 2 heterocycles. The number of amides is 1. The number of nitrogens with one attached hydrogen (secondary N) is 1. The molecule has 1 aromatic carbocycles. The van der Waals surface area contributed by atoms with Crippen molar-refractivity contribution in [2.45, 2.75) is 31.7 Å². The van der Waals surface area contributed by atoms with Crippen molar-refractivity contribution in [2.24, 2.45) is 0 Å². The van der Waals surface area contributed by atoms with Gasteiger partial charge in [0.1, 0.15) is 0 Å². The SMILES string of the molecule is CC1CC(c2ccccc2)CN1CCC(=O)N1CCNCC1.Cl. The smallest absolute Gasteiger partial charge is 0.223 e. The molecule has 0 radical (unpaired) electrons. The third-order valence-corrected chi connectivity index (χ3v) is 5.06. The van der Waals surface area contributed by atoms with E-state index in [4.69, 9.17) is 0 Å². The minimum atomic E-state index is 0. The minimum Gasteiger partial charge on any atom is -0.340 e. The van der Waals surface area contributed by atoms with E-state index in [1.807, 2.05) is 4.90 Å². The number of carbonyl (C=O) groups excluding carboxylic acids is 1. The maximum Gasteiger partial charge on any atom is 0.223 e. The van der Waals surface area contributed by atoms with Crippen LogP contribution in [0.15, 0.2) is 30.3 Å². The van der Waals surface area contributed by atoms with Crippen LogP contribution >= 0.6 is 12.4 Å². The topological polar surface area (TPSA) is 35.6 Å². The zero-order chi connectivity index (χ0) is 15.4. The Bertz CT molecular complexity index is 490. The lowest BCUT2D eigenvalue weighted by molar-refractivity contribution is -0.132. The molecular weight excluding hydrogens is 310 g/mol. The van der Waals surface area contributed by atoms with Gasteiger partial charge in [-0.25, -0.2) is 0 Å². The number of rotatable bonds is 4. The first-order valence-corrected chi connectivity index (χ1v) is 8.51. The highest BCUT2D eigenvalue weighted by molar-refractivity contribution is 5.85. The van der Waals surface area contributed by atoms with Gasteiger partial charge in [0, 0.05) is 51.7 Å². The van der Waals surface area contributed by atoms with Gasteiger partial charge >= 0.3 is 0 Å². The molecule has 2 aliphatic rings. The lowest BCUT2D eigenvalue weighted by Gasteiger charge is -2.29. The quantitative estimate of drug-likeness (QED) is 0.914. The standard InChI is InChI=1S/C18H27N3O.ClH/c1-15-13-17(16-5-3-2-4-6-16)14-21(15)10-7-18(22)20-11-8-19-9-12-20;/h2-6,15,17,19H,7-14H2,1H3;1H. The van der Waals surface area contributed by atoms with E-state index < -0.39 is 0 Å². The Morgan fingerprint density at radius 2 is 1.91 bits per heavy atom. The van der Waals surface area contributed by atoms with Crippen LogP contribution < -0.4 is 5.32 Å². The lowest BCUT2D eigenvalue weighted by Crippen LogP contribution is -2.47. The molecule has 4 nitrogen and oxygen atoms in total. The van der Waals surface area contributed by atoms with E-state index in [2.05, 4.69) is 47.5 Å². The van der Waals surface area contributed by atoms with E-state index in [0.717, 1.165) is 39.3 Å². The van der Waals surface area contributed by atoms with Gasteiger partial charge in [0.15, 0.2) is 0 Å². The zero-order valence-corrected chi connectivity index (χ0v) is 14.7. The van der Waals surface area contributed by atoms with Crippen molar-refractivity contribution >= 4 is 18.3 Å². The average Bonchev–Trinajstić information content (AvgIpc) is 2.95. The van der Waals surface area contributed by atoms with Crippen molar-refractivity contribution in [1.82, 2.24) is 15.1 Å². The molecule has 2 saturated heterocycles. The van der Waals surface area contributed by atoms with Crippen LogP contribution in [0, 0.1) is 0 Å². The molecule has 0 aromatic heterocycles. The van der Waals surface area contributed by atoms with Crippen LogP contribution in [0.4, 0.5) is 0 Å². The molecular formula is C18H28ClN3O. The number of hydrogen-bond donors (Lipinski definition) is 1. The molecule has 2 aliphatic heterocycles. The fourth-order valence-corrected chi connectivity index (χ4v) is 3.69. The van der Waals surface area contributed by atoms with Gasteiger partial charge in [-0.2, -0.15) is 0 Å². The van der Waals surface area contributed by atoms with Crippen molar-refractivity contribution in [3.8, 4) is 0 Å². The lowest BCUT2D eigenvalue weighted by atomic mass is 9.97. The summed E-state index contributed by atoms with van der Waals surface area (Å²) < 4.78 is 0. The molecule has 0 spiro atoms. The molecule has 2 unspecified atom stereocenters. The normalized spacial score (nSPS) is 25.2. The maximum absolute atomic E-state index is 12.3. The molecule has 0 saturated carbocycles. The monoisotopic (exact) mass is 337 g/mol. The van der Waals surface area contributed by atoms with Gasteiger partial charge in [-0.3, -0.25) is 9.69 Å². The van der Waals surface area contributed by atoms with E-state index in [-0.39, 0.29) is 12.4 Å².